The van der Waals surface area contributed by atoms with Crippen LogP contribution in [0.2, 0.25) is 10.0 Å². The van der Waals surface area contributed by atoms with Gasteiger partial charge in [-0.15, -0.1) is 0 Å². The summed E-state index contributed by atoms with van der Waals surface area (Å²) < 4.78 is 14.5. The molecule has 0 bridgehead atoms. The Morgan fingerprint density at radius 2 is 1.00 bits per heavy atom. The number of ether oxygens (including phenoxy) is 2. The summed E-state index contributed by atoms with van der Waals surface area (Å²) in [6.45, 7) is 0. The lowest BCUT2D eigenvalue weighted by atomic mass is 10.2. The predicted molar refractivity (Wildman–Crippen MR) is 93.9 cm³/mol. The van der Waals surface area contributed by atoms with E-state index in [4.69, 9.17) is 32.7 Å². The first kappa shape index (κ1) is 15.4. The summed E-state index contributed by atoms with van der Waals surface area (Å²) in [6.07, 6.45) is 0. The highest BCUT2D eigenvalue weighted by Crippen LogP contribution is 2.56. The SMILES string of the molecule is Clc1cc2c(c(Br)c1Br)Oc1cc(Cl)c(Br)c(Br)c1O2. The summed E-state index contributed by atoms with van der Waals surface area (Å²) in [5.41, 5.74) is 0. The number of halogens is 6. The van der Waals surface area contributed by atoms with E-state index in [-0.39, 0.29) is 0 Å². The van der Waals surface area contributed by atoms with Gasteiger partial charge < -0.3 is 9.47 Å². The van der Waals surface area contributed by atoms with Crippen LogP contribution in [0.3, 0.4) is 0 Å². The molecule has 2 nitrogen and oxygen atoms in total. The molecule has 0 N–H and O–H groups in total. The van der Waals surface area contributed by atoms with E-state index >= 15 is 0 Å². The van der Waals surface area contributed by atoms with Crippen LogP contribution in [0.1, 0.15) is 0 Å². The molecule has 0 spiro atoms. The first-order valence-corrected chi connectivity index (χ1v) is 9.03. The van der Waals surface area contributed by atoms with E-state index in [0.717, 1.165) is 0 Å². The highest BCUT2D eigenvalue weighted by Gasteiger charge is 2.27. The van der Waals surface area contributed by atoms with Crippen LogP contribution in [-0.4, -0.2) is 0 Å². The van der Waals surface area contributed by atoms with E-state index in [1.165, 1.54) is 0 Å². The van der Waals surface area contributed by atoms with Crippen molar-refractivity contribution in [2.24, 2.45) is 0 Å². The molecule has 2 aromatic rings. The molecule has 20 heavy (non-hydrogen) atoms. The molecule has 0 saturated carbocycles. The van der Waals surface area contributed by atoms with Gasteiger partial charge in [-0.05, 0) is 63.7 Å². The van der Waals surface area contributed by atoms with Crippen LogP contribution in [-0.2, 0) is 0 Å². The largest absolute Gasteiger partial charge is 0.448 e. The molecule has 8 heteroatoms. The standard InChI is InChI=1S/C12H2Br4Cl2O2/c13-7-3(17)1-5-11(9(7)15)20-6-2-4(18)8(14)10(16)12(6)19-5/h1-2H. The molecule has 0 fully saturated rings. The monoisotopic (exact) mass is 564 g/mol. The fraction of sp³-hybridized carbons (Fsp3) is 0. The fourth-order valence-electron chi connectivity index (χ4n) is 1.68. The molecule has 0 radical (unpaired) electrons. The van der Waals surface area contributed by atoms with Gasteiger partial charge in [0.15, 0.2) is 23.0 Å². The summed E-state index contributed by atoms with van der Waals surface area (Å²) in [6, 6.07) is 3.37. The third-order valence-electron chi connectivity index (χ3n) is 2.59. The Morgan fingerprint density at radius 1 is 0.650 bits per heavy atom. The van der Waals surface area contributed by atoms with Gasteiger partial charge in [0.05, 0.1) is 27.9 Å². The van der Waals surface area contributed by atoms with Gasteiger partial charge in [0.25, 0.3) is 0 Å². The summed E-state index contributed by atoms with van der Waals surface area (Å²) >= 11 is 25.9. The summed E-state index contributed by atoms with van der Waals surface area (Å²) in [5.74, 6) is 2.12. The van der Waals surface area contributed by atoms with Gasteiger partial charge in [-0.1, -0.05) is 23.2 Å². The average Bonchev–Trinajstić information content (AvgIpc) is 2.42. The van der Waals surface area contributed by atoms with Crippen molar-refractivity contribution in [1.29, 1.82) is 0 Å². The summed E-state index contributed by atoms with van der Waals surface area (Å²) in [5, 5.41) is 1.04. The van der Waals surface area contributed by atoms with Gasteiger partial charge in [0.2, 0.25) is 0 Å². The predicted octanol–water partition coefficient (Wildman–Crippen LogP) is 7.94. The van der Waals surface area contributed by atoms with E-state index in [0.29, 0.717) is 50.9 Å². The second-order valence-electron chi connectivity index (χ2n) is 3.83. The number of hydrogen-bond acceptors (Lipinski definition) is 2. The maximum atomic E-state index is 6.12. The Labute approximate surface area is 158 Å². The number of fused-ring (bicyclic) bond motifs is 2. The van der Waals surface area contributed by atoms with E-state index in [2.05, 4.69) is 63.7 Å². The zero-order valence-electron chi connectivity index (χ0n) is 9.24. The second-order valence-corrected chi connectivity index (χ2v) is 7.82. The van der Waals surface area contributed by atoms with Crippen LogP contribution in [0.5, 0.6) is 23.0 Å². The minimum atomic E-state index is 0.520. The van der Waals surface area contributed by atoms with Crippen molar-refractivity contribution in [1.82, 2.24) is 0 Å². The number of benzene rings is 2. The molecular weight excluding hydrogens is 567 g/mol. The van der Waals surface area contributed by atoms with Crippen LogP contribution in [0.4, 0.5) is 0 Å². The van der Waals surface area contributed by atoms with Crippen LogP contribution in [0, 0.1) is 0 Å². The van der Waals surface area contributed by atoms with E-state index in [1.807, 2.05) is 0 Å². The quantitative estimate of drug-likeness (QED) is 0.256. The smallest absolute Gasteiger partial charge is 0.185 e. The molecule has 1 heterocycles. The maximum Gasteiger partial charge on any atom is 0.185 e. The van der Waals surface area contributed by atoms with Gasteiger partial charge in [0.1, 0.15) is 0 Å². The van der Waals surface area contributed by atoms with Gasteiger partial charge >= 0.3 is 0 Å². The first-order valence-electron chi connectivity index (χ1n) is 5.11. The van der Waals surface area contributed by atoms with E-state index < -0.39 is 0 Å². The first-order chi connectivity index (χ1) is 9.40. The molecule has 1 aliphatic rings. The van der Waals surface area contributed by atoms with Crippen molar-refractivity contribution in [2.45, 2.75) is 0 Å². The highest BCUT2D eigenvalue weighted by atomic mass is 79.9. The normalized spacial score (nSPS) is 12.3. The van der Waals surface area contributed by atoms with Crippen molar-refractivity contribution in [3.05, 3.63) is 40.1 Å². The molecule has 104 valence electrons. The Kier molecular flexibility index (Phi) is 4.35. The summed E-state index contributed by atoms with van der Waals surface area (Å²) in [7, 11) is 0. The maximum absolute atomic E-state index is 6.12. The molecule has 1 aliphatic heterocycles. The molecule has 0 aliphatic carbocycles. The van der Waals surface area contributed by atoms with Gasteiger partial charge in [-0.25, -0.2) is 0 Å². The minimum absolute atomic E-state index is 0.520. The molecule has 0 aromatic heterocycles. The minimum Gasteiger partial charge on any atom is -0.448 e. The molecule has 0 unspecified atom stereocenters. The molecule has 2 aromatic carbocycles. The zero-order valence-corrected chi connectivity index (χ0v) is 17.1. The van der Waals surface area contributed by atoms with Crippen LogP contribution in [0.15, 0.2) is 30.0 Å². The number of rotatable bonds is 0. The van der Waals surface area contributed by atoms with Crippen LogP contribution < -0.4 is 9.47 Å². The fourth-order valence-corrected chi connectivity index (χ4v) is 3.86. The van der Waals surface area contributed by atoms with Crippen LogP contribution >= 0.6 is 86.9 Å². The van der Waals surface area contributed by atoms with Crippen molar-refractivity contribution >= 4 is 86.9 Å². The van der Waals surface area contributed by atoms with E-state index in [1.54, 1.807) is 12.1 Å². The lowest BCUT2D eigenvalue weighted by Crippen LogP contribution is -2.01. The molecule has 0 saturated heterocycles. The van der Waals surface area contributed by atoms with Crippen molar-refractivity contribution in [3.63, 3.8) is 0 Å². The lowest BCUT2D eigenvalue weighted by Gasteiger charge is -2.24. The van der Waals surface area contributed by atoms with Gasteiger partial charge in [0, 0.05) is 12.1 Å². The van der Waals surface area contributed by atoms with Gasteiger partial charge in [-0.2, -0.15) is 0 Å². The summed E-state index contributed by atoms with van der Waals surface area (Å²) in [4.78, 5) is 0. The van der Waals surface area contributed by atoms with Gasteiger partial charge in [-0.3, -0.25) is 0 Å². The third kappa shape index (κ3) is 2.42. The topological polar surface area (TPSA) is 18.5 Å². The Balaban J connectivity index is 2.22. The molecular formula is C12H2Br4Cl2O2. The molecule has 0 amide bonds. The Bertz CT molecular complexity index is 686. The third-order valence-corrected chi connectivity index (χ3v) is 7.87. The van der Waals surface area contributed by atoms with Crippen LogP contribution in [0.25, 0.3) is 0 Å². The number of hydrogen-bond donors (Lipinski definition) is 0. The molecule has 0 atom stereocenters. The Morgan fingerprint density at radius 3 is 1.35 bits per heavy atom. The average molecular weight is 569 g/mol. The van der Waals surface area contributed by atoms with E-state index in [9.17, 15) is 0 Å². The second kappa shape index (κ2) is 5.63. The van der Waals surface area contributed by atoms with Crippen molar-refractivity contribution < 1.29 is 9.47 Å². The highest BCUT2D eigenvalue weighted by molar-refractivity contribution is 9.13. The lowest BCUT2D eigenvalue weighted by molar-refractivity contribution is 0.355. The molecule has 3 rings (SSSR count). The van der Waals surface area contributed by atoms with Crippen molar-refractivity contribution in [3.8, 4) is 23.0 Å². The zero-order chi connectivity index (χ0) is 14.6. The Hall–Kier alpha value is 0.540. The van der Waals surface area contributed by atoms with Crippen molar-refractivity contribution in [2.75, 3.05) is 0 Å².